The molecule has 1 aliphatic heterocycles. The maximum absolute atomic E-state index is 12.0. The lowest BCUT2D eigenvalue weighted by molar-refractivity contribution is -0.118. The highest BCUT2D eigenvalue weighted by Gasteiger charge is 2.19. The van der Waals surface area contributed by atoms with E-state index >= 15 is 0 Å². The molecular formula is C15H23N3O. The molecule has 3 N–H and O–H groups in total. The van der Waals surface area contributed by atoms with Crippen LogP contribution in [0.1, 0.15) is 25.3 Å². The highest BCUT2D eigenvalue weighted by Crippen LogP contribution is 2.12. The summed E-state index contributed by atoms with van der Waals surface area (Å²) >= 11 is 0. The number of piperazine rings is 1. The first-order valence-corrected chi connectivity index (χ1v) is 7.13. The standard InChI is InChI=1S/C15H23N3O/c1-2-3-4-12-5-7-13(8-6-12)18-15(19)14-11-16-9-10-17-14/h5-8,14,16-17H,2-4,9-11H2,1H3,(H,18,19). The van der Waals surface area contributed by atoms with Gasteiger partial charge in [0.15, 0.2) is 0 Å². The van der Waals surface area contributed by atoms with Crippen molar-refractivity contribution >= 4 is 11.6 Å². The predicted molar refractivity (Wildman–Crippen MR) is 78.3 cm³/mol. The fourth-order valence-corrected chi connectivity index (χ4v) is 2.20. The van der Waals surface area contributed by atoms with Gasteiger partial charge in [-0.25, -0.2) is 0 Å². The minimum absolute atomic E-state index is 0.0357. The van der Waals surface area contributed by atoms with E-state index in [4.69, 9.17) is 0 Å². The normalized spacial score (nSPS) is 19.1. The summed E-state index contributed by atoms with van der Waals surface area (Å²) in [5.41, 5.74) is 2.20. The molecule has 19 heavy (non-hydrogen) atoms. The summed E-state index contributed by atoms with van der Waals surface area (Å²) in [6, 6.07) is 8.03. The molecule has 1 fully saturated rings. The summed E-state index contributed by atoms with van der Waals surface area (Å²) in [6.07, 6.45) is 3.53. The van der Waals surface area contributed by atoms with Crippen molar-refractivity contribution in [3.8, 4) is 0 Å². The zero-order chi connectivity index (χ0) is 13.5. The van der Waals surface area contributed by atoms with Crippen LogP contribution in [0.4, 0.5) is 5.69 Å². The molecule has 4 nitrogen and oxygen atoms in total. The summed E-state index contributed by atoms with van der Waals surface area (Å²) < 4.78 is 0. The van der Waals surface area contributed by atoms with Gasteiger partial charge in [0.2, 0.25) is 5.91 Å². The lowest BCUT2D eigenvalue weighted by Gasteiger charge is -2.23. The molecule has 1 aromatic carbocycles. The molecule has 1 atom stereocenters. The third-order valence-corrected chi connectivity index (χ3v) is 3.40. The lowest BCUT2D eigenvalue weighted by Crippen LogP contribution is -2.54. The zero-order valence-corrected chi connectivity index (χ0v) is 11.5. The van der Waals surface area contributed by atoms with Crippen molar-refractivity contribution in [2.24, 2.45) is 0 Å². The van der Waals surface area contributed by atoms with Gasteiger partial charge in [-0.15, -0.1) is 0 Å². The Kier molecular flexibility index (Phi) is 5.36. The fourth-order valence-electron chi connectivity index (χ4n) is 2.20. The number of hydrogen-bond acceptors (Lipinski definition) is 3. The topological polar surface area (TPSA) is 53.2 Å². The van der Waals surface area contributed by atoms with E-state index in [0.717, 1.165) is 25.2 Å². The number of carbonyl (C=O) groups is 1. The third-order valence-electron chi connectivity index (χ3n) is 3.40. The summed E-state index contributed by atoms with van der Waals surface area (Å²) in [4.78, 5) is 12.0. The lowest BCUT2D eigenvalue weighted by atomic mass is 10.1. The fraction of sp³-hybridized carbons (Fsp3) is 0.533. The van der Waals surface area contributed by atoms with Gasteiger partial charge in [-0.1, -0.05) is 25.5 Å². The monoisotopic (exact) mass is 261 g/mol. The molecular weight excluding hydrogens is 238 g/mol. The summed E-state index contributed by atoms with van der Waals surface area (Å²) in [7, 11) is 0. The number of rotatable bonds is 5. The number of amides is 1. The van der Waals surface area contributed by atoms with Crippen LogP contribution in [0, 0.1) is 0 Å². The van der Waals surface area contributed by atoms with E-state index in [1.807, 2.05) is 12.1 Å². The van der Waals surface area contributed by atoms with Gasteiger partial charge in [-0.3, -0.25) is 4.79 Å². The van der Waals surface area contributed by atoms with Crippen molar-refractivity contribution < 1.29 is 4.79 Å². The van der Waals surface area contributed by atoms with Gasteiger partial charge in [-0.05, 0) is 30.5 Å². The molecule has 0 radical (unpaired) electrons. The quantitative estimate of drug-likeness (QED) is 0.753. The van der Waals surface area contributed by atoms with Gasteiger partial charge in [-0.2, -0.15) is 0 Å². The average molecular weight is 261 g/mol. The minimum atomic E-state index is -0.131. The first kappa shape index (κ1) is 14.0. The van der Waals surface area contributed by atoms with E-state index in [9.17, 15) is 4.79 Å². The van der Waals surface area contributed by atoms with Crippen molar-refractivity contribution in [3.05, 3.63) is 29.8 Å². The summed E-state index contributed by atoms with van der Waals surface area (Å²) in [6.45, 7) is 4.66. The molecule has 0 aliphatic carbocycles. The van der Waals surface area contributed by atoms with E-state index in [1.54, 1.807) is 0 Å². The Morgan fingerprint density at radius 1 is 1.32 bits per heavy atom. The van der Waals surface area contributed by atoms with Crippen LogP contribution in [0.25, 0.3) is 0 Å². The van der Waals surface area contributed by atoms with E-state index in [-0.39, 0.29) is 11.9 Å². The van der Waals surface area contributed by atoms with Gasteiger partial charge in [0.05, 0.1) is 6.04 Å². The Labute approximate surface area is 115 Å². The second kappa shape index (κ2) is 7.26. The molecule has 0 spiro atoms. The molecule has 0 bridgehead atoms. The predicted octanol–water partition coefficient (Wildman–Crippen LogP) is 1.53. The number of nitrogens with one attached hydrogen (secondary N) is 3. The second-order valence-electron chi connectivity index (χ2n) is 5.00. The number of aryl methyl sites for hydroxylation is 1. The van der Waals surface area contributed by atoms with E-state index in [2.05, 4.69) is 35.0 Å². The number of hydrogen-bond donors (Lipinski definition) is 3. The Morgan fingerprint density at radius 2 is 2.11 bits per heavy atom. The molecule has 4 heteroatoms. The maximum Gasteiger partial charge on any atom is 0.242 e. The van der Waals surface area contributed by atoms with Crippen LogP contribution in [-0.2, 0) is 11.2 Å². The molecule has 0 saturated carbocycles. The zero-order valence-electron chi connectivity index (χ0n) is 11.5. The van der Waals surface area contributed by atoms with Crippen LogP contribution in [0.15, 0.2) is 24.3 Å². The first-order chi connectivity index (χ1) is 9.29. The van der Waals surface area contributed by atoms with Crippen LogP contribution < -0.4 is 16.0 Å². The Bertz CT molecular complexity index is 396. The highest BCUT2D eigenvalue weighted by atomic mass is 16.2. The van der Waals surface area contributed by atoms with Gasteiger partial charge < -0.3 is 16.0 Å². The number of unbranched alkanes of at least 4 members (excludes halogenated alkanes) is 1. The Hall–Kier alpha value is -1.39. The minimum Gasteiger partial charge on any atom is -0.325 e. The van der Waals surface area contributed by atoms with Crippen molar-refractivity contribution in [3.63, 3.8) is 0 Å². The third kappa shape index (κ3) is 4.33. The number of benzene rings is 1. The van der Waals surface area contributed by atoms with Crippen molar-refractivity contribution in [2.45, 2.75) is 32.2 Å². The molecule has 1 aromatic rings. The largest absolute Gasteiger partial charge is 0.325 e. The second-order valence-corrected chi connectivity index (χ2v) is 5.00. The number of carbonyl (C=O) groups excluding carboxylic acids is 1. The summed E-state index contributed by atoms with van der Waals surface area (Å²) in [5.74, 6) is 0.0357. The van der Waals surface area contributed by atoms with Crippen LogP contribution in [-0.4, -0.2) is 31.6 Å². The van der Waals surface area contributed by atoms with Crippen LogP contribution in [0.2, 0.25) is 0 Å². The summed E-state index contributed by atoms with van der Waals surface area (Å²) in [5, 5.41) is 9.37. The van der Waals surface area contributed by atoms with Crippen molar-refractivity contribution in [2.75, 3.05) is 25.0 Å². The molecule has 1 saturated heterocycles. The average Bonchev–Trinajstić information content (AvgIpc) is 2.47. The van der Waals surface area contributed by atoms with Gasteiger partial charge in [0.25, 0.3) is 0 Å². The van der Waals surface area contributed by atoms with E-state index < -0.39 is 0 Å². The molecule has 1 unspecified atom stereocenters. The Morgan fingerprint density at radius 3 is 2.74 bits per heavy atom. The SMILES string of the molecule is CCCCc1ccc(NC(=O)C2CNCCN2)cc1. The molecule has 1 heterocycles. The van der Waals surface area contributed by atoms with Crippen molar-refractivity contribution in [1.29, 1.82) is 0 Å². The molecule has 0 aromatic heterocycles. The Balaban J connectivity index is 1.86. The maximum atomic E-state index is 12.0. The first-order valence-electron chi connectivity index (χ1n) is 7.13. The smallest absolute Gasteiger partial charge is 0.242 e. The molecule has 104 valence electrons. The van der Waals surface area contributed by atoms with Crippen LogP contribution in [0.5, 0.6) is 0 Å². The van der Waals surface area contributed by atoms with Gasteiger partial charge in [0.1, 0.15) is 0 Å². The van der Waals surface area contributed by atoms with Crippen molar-refractivity contribution in [1.82, 2.24) is 10.6 Å². The van der Waals surface area contributed by atoms with Crippen LogP contribution >= 0.6 is 0 Å². The van der Waals surface area contributed by atoms with Crippen LogP contribution in [0.3, 0.4) is 0 Å². The van der Waals surface area contributed by atoms with Gasteiger partial charge >= 0.3 is 0 Å². The number of anilines is 1. The van der Waals surface area contributed by atoms with Gasteiger partial charge in [0, 0.05) is 25.3 Å². The van der Waals surface area contributed by atoms with E-state index in [1.165, 1.54) is 18.4 Å². The van der Waals surface area contributed by atoms with E-state index in [0.29, 0.717) is 6.54 Å². The molecule has 2 rings (SSSR count). The molecule has 1 aliphatic rings. The highest BCUT2D eigenvalue weighted by molar-refractivity contribution is 5.95. The molecule has 1 amide bonds.